The summed E-state index contributed by atoms with van der Waals surface area (Å²) in [7, 11) is 1.55. The van der Waals surface area contributed by atoms with Crippen LogP contribution >= 0.6 is 0 Å². The van der Waals surface area contributed by atoms with Crippen LogP contribution in [0.5, 0.6) is 5.75 Å². The Hall–Kier alpha value is -3.41. The molecule has 0 spiro atoms. The summed E-state index contributed by atoms with van der Waals surface area (Å²) in [6.45, 7) is 3.34. The summed E-state index contributed by atoms with van der Waals surface area (Å²) in [6, 6.07) is 16.1. The summed E-state index contributed by atoms with van der Waals surface area (Å²) in [5, 5.41) is 4.25. The van der Waals surface area contributed by atoms with Crippen LogP contribution < -0.4 is 4.74 Å². The Bertz CT molecular complexity index is 946. The van der Waals surface area contributed by atoms with E-state index in [2.05, 4.69) is 5.10 Å². The Morgan fingerprint density at radius 2 is 1.70 bits per heavy atom. The highest BCUT2D eigenvalue weighted by molar-refractivity contribution is 6.01. The zero-order valence-corrected chi connectivity index (χ0v) is 15.4. The molecule has 1 unspecified atom stereocenters. The van der Waals surface area contributed by atoms with Crippen molar-refractivity contribution in [1.29, 1.82) is 0 Å². The standard InChI is InChI=1S/C21H20N2O4/c1-14-19(13-22-23(14)17-7-5-4-6-8-17)21(25)27-15(2)20(24)16-9-11-18(26-3)12-10-16/h4-13,15H,1-3H3. The monoisotopic (exact) mass is 364 g/mol. The van der Waals surface area contributed by atoms with Crippen LogP contribution in [0.25, 0.3) is 5.69 Å². The number of carbonyl (C=O) groups excluding carboxylic acids is 2. The highest BCUT2D eigenvalue weighted by Crippen LogP contribution is 2.17. The normalized spacial score (nSPS) is 11.7. The molecule has 6 nitrogen and oxygen atoms in total. The third kappa shape index (κ3) is 3.89. The van der Waals surface area contributed by atoms with Gasteiger partial charge < -0.3 is 9.47 Å². The molecule has 27 heavy (non-hydrogen) atoms. The molecule has 3 aromatic rings. The zero-order chi connectivity index (χ0) is 19.4. The molecule has 0 aliphatic rings. The Labute approximate surface area is 157 Å². The van der Waals surface area contributed by atoms with Crippen LogP contribution in [-0.4, -0.2) is 34.7 Å². The van der Waals surface area contributed by atoms with Crippen molar-refractivity contribution >= 4 is 11.8 Å². The summed E-state index contributed by atoms with van der Waals surface area (Å²) in [5.74, 6) is -0.205. The van der Waals surface area contributed by atoms with Gasteiger partial charge in [-0.3, -0.25) is 4.79 Å². The SMILES string of the molecule is COc1ccc(C(=O)C(C)OC(=O)c2cnn(-c3ccccc3)c2C)cc1. The van der Waals surface area contributed by atoms with E-state index in [1.165, 1.54) is 6.20 Å². The smallest absolute Gasteiger partial charge is 0.342 e. The average molecular weight is 364 g/mol. The molecule has 0 N–H and O–H groups in total. The van der Waals surface area contributed by atoms with Crippen LogP contribution in [0.15, 0.2) is 60.8 Å². The molecule has 0 saturated heterocycles. The van der Waals surface area contributed by atoms with Crippen LogP contribution in [0.4, 0.5) is 0 Å². The number of hydrogen-bond donors (Lipinski definition) is 0. The molecule has 0 saturated carbocycles. The molecule has 0 fully saturated rings. The lowest BCUT2D eigenvalue weighted by Crippen LogP contribution is -2.24. The molecule has 3 rings (SSSR count). The van der Waals surface area contributed by atoms with Gasteiger partial charge in [0.1, 0.15) is 11.3 Å². The highest BCUT2D eigenvalue weighted by atomic mass is 16.5. The third-order valence-electron chi connectivity index (χ3n) is 4.26. The van der Waals surface area contributed by atoms with Crippen molar-refractivity contribution in [2.75, 3.05) is 7.11 Å². The Morgan fingerprint density at radius 1 is 1.04 bits per heavy atom. The molecular weight excluding hydrogens is 344 g/mol. The fourth-order valence-corrected chi connectivity index (χ4v) is 2.71. The maximum absolute atomic E-state index is 12.5. The molecule has 0 bridgehead atoms. The number of hydrogen-bond acceptors (Lipinski definition) is 5. The predicted molar refractivity (Wildman–Crippen MR) is 101 cm³/mol. The molecule has 0 aliphatic heterocycles. The van der Waals surface area contributed by atoms with Crippen LogP contribution in [0, 0.1) is 6.92 Å². The van der Waals surface area contributed by atoms with Crippen molar-refractivity contribution in [2.45, 2.75) is 20.0 Å². The number of ether oxygens (including phenoxy) is 2. The lowest BCUT2D eigenvalue weighted by Gasteiger charge is -2.12. The maximum Gasteiger partial charge on any atom is 0.342 e. The summed E-state index contributed by atoms with van der Waals surface area (Å²) in [4.78, 5) is 25.0. The van der Waals surface area contributed by atoms with Gasteiger partial charge in [-0.2, -0.15) is 5.10 Å². The first-order chi connectivity index (χ1) is 13.0. The first-order valence-corrected chi connectivity index (χ1v) is 8.50. The third-order valence-corrected chi connectivity index (χ3v) is 4.26. The molecule has 1 aromatic heterocycles. The van der Waals surface area contributed by atoms with Gasteiger partial charge in [-0.15, -0.1) is 0 Å². The lowest BCUT2D eigenvalue weighted by atomic mass is 10.1. The lowest BCUT2D eigenvalue weighted by molar-refractivity contribution is 0.0318. The van der Waals surface area contributed by atoms with Gasteiger partial charge in [0.25, 0.3) is 0 Å². The van der Waals surface area contributed by atoms with E-state index in [4.69, 9.17) is 9.47 Å². The van der Waals surface area contributed by atoms with Gasteiger partial charge in [-0.05, 0) is 50.2 Å². The van der Waals surface area contributed by atoms with E-state index in [1.807, 2.05) is 30.3 Å². The minimum absolute atomic E-state index is 0.279. The van der Waals surface area contributed by atoms with Gasteiger partial charge in [0.05, 0.1) is 24.7 Å². The van der Waals surface area contributed by atoms with E-state index in [9.17, 15) is 9.59 Å². The minimum atomic E-state index is -0.912. The van der Waals surface area contributed by atoms with Crippen LogP contribution in [-0.2, 0) is 4.74 Å². The molecule has 0 radical (unpaired) electrons. The highest BCUT2D eigenvalue weighted by Gasteiger charge is 2.23. The molecule has 138 valence electrons. The Morgan fingerprint density at radius 3 is 2.33 bits per heavy atom. The van der Waals surface area contributed by atoms with E-state index >= 15 is 0 Å². The quantitative estimate of drug-likeness (QED) is 0.493. The number of esters is 1. The van der Waals surface area contributed by atoms with Gasteiger partial charge in [-0.25, -0.2) is 9.48 Å². The van der Waals surface area contributed by atoms with Crippen molar-refractivity contribution in [3.05, 3.63) is 77.6 Å². The fraction of sp³-hybridized carbons (Fsp3) is 0.190. The van der Waals surface area contributed by atoms with Crippen LogP contribution in [0.2, 0.25) is 0 Å². The second-order valence-electron chi connectivity index (χ2n) is 6.03. The first-order valence-electron chi connectivity index (χ1n) is 8.50. The molecule has 6 heteroatoms. The van der Waals surface area contributed by atoms with Gasteiger partial charge in [0.2, 0.25) is 5.78 Å². The van der Waals surface area contributed by atoms with Crippen molar-refractivity contribution in [1.82, 2.24) is 9.78 Å². The average Bonchev–Trinajstić information content (AvgIpc) is 3.09. The van der Waals surface area contributed by atoms with Gasteiger partial charge in [0.15, 0.2) is 6.10 Å². The summed E-state index contributed by atoms with van der Waals surface area (Å²) in [5.41, 5.74) is 2.27. The van der Waals surface area contributed by atoms with Crippen molar-refractivity contribution in [3.8, 4) is 11.4 Å². The maximum atomic E-state index is 12.5. The van der Waals surface area contributed by atoms with Crippen molar-refractivity contribution < 1.29 is 19.1 Å². The van der Waals surface area contributed by atoms with E-state index < -0.39 is 12.1 Å². The number of benzene rings is 2. The Kier molecular flexibility index (Phi) is 5.35. The minimum Gasteiger partial charge on any atom is -0.497 e. The predicted octanol–water partition coefficient (Wildman–Crippen LogP) is 3.62. The van der Waals surface area contributed by atoms with E-state index in [0.717, 1.165) is 5.69 Å². The number of carbonyl (C=O) groups is 2. The molecule has 1 heterocycles. The number of Topliss-reactive ketones (excluding diaryl/α,β-unsaturated/α-hetero) is 1. The van der Waals surface area contributed by atoms with Gasteiger partial charge in [-0.1, -0.05) is 18.2 Å². The second kappa shape index (κ2) is 7.86. The number of ketones is 1. The number of aromatic nitrogens is 2. The number of methoxy groups -OCH3 is 1. The molecular formula is C21H20N2O4. The topological polar surface area (TPSA) is 70.4 Å². The fourth-order valence-electron chi connectivity index (χ4n) is 2.71. The first kappa shape index (κ1) is 18.4. The largest absolute Gasteiger partial charge is 0.497 e. The van der Waals surface area contributed by atoms with E-state index in [0.29, 0.717) is 22.6 Å². The van der Waals surface area contributed by atoms with Crippen LogP contribution in [0.1, 0.15) is 33.3 Å². The van der Waals surface area contributed by atoms with Gasteiger partial charge >= 0.3 is 5.97 Å². The summed E-state index contributed by atoms with van der Waals surface area (Å²) < 4.78 is 12.1. The molecule has 1 atom stereocenters. The van der Waals surface area contributed by atoms with Crippen molar-refractivity contribution in [3.63, 3.8) is 0 Å². The second-order valence-corrected chi connectivity index (χ2v) is 6.03. The van der Waals surface area contributed by atoms with Crippen molar-refractivity contribution in [2.24, 2.45) is 0 Å². The summed E-state index contributed by atoms with van der Waals surface area (Å²) in [6.07, 6.45) is 0.542. The number of rotatable bonds is 6. The summed E-state index contributed by atoms with van der Waals surface area (Å²) >= 11 is 0. The molecule has 0 amide bonds. The zero-order valence-electron chi connectivity index (χ0n) is 15.4. The molecule has 2 aromatic carbocycles. The number of para-hydroxylation sites is 1. The van der Waals surface area contributed by atoms with Crippen LogP contribution in [0.3, 0.4) is 0 Å². The van der Waals surface area contributed by atoms with Gasteiger partial charge in [0, 0.05) is 5.56 Å². The number of nitrogens with zero attached hydrogens (tertiary/aromatic N) is 2. The van der Waals surface area contributed by atoms with E-state index in [1.54, 1.807) is 49.9 Å². The molecule has 0 aliphatic carbocycles. The van der Waals surface area contributed by atoms with E-state index in [-0.39, 0.29) is 5.78 Å². The Balaban J connectivity index is 1.73.